The summed E-state index contributed by atoms with van der Waals surface area (Å²) in [5, 5.41) is 20.0. The fourth-order valence-electron chi connectivity index (χ4n) is 2.52. The second kappa shape index (κ2) is 4.07. The van der Waals surface area contributed by atoms with Gasteiger partial charge < -0.3 is 10.2 Å². The maximum atomic E-state index is 10.5. The average Bonchev–Trinajstić information content (AvgIpc) is 2.25. The van der Waals surface area contributed by atoms with Gasteiger partial charge in [-0.15, -0.1) is 0 Å². The lowest BCUT2D eigenvalue weighted by Crippen LogP contribution is -2.50. The van der Waals surface area contributed by atoms with Crippen LogP contribution in [0.4, 0.5) is 0 Å². The minimum Gasteiger partial charge on any atom is -0.396 e. The third-order valence-electron chi connectivity index (χ3n) is 3.56. The molecule has 2 rings (SSSR count). The number of aliphatic hydroxyl groups is 2. The Kier molecular flexibility index (Phi) is 2.40. The summed E-state index contributed by atoms with van der Waals surface area (Å²) in [4.78, 5) is 4.29. The van der Waals surface area contributed by atoms with Crippen molar-refractivity contribution in [2.45, 2.75) is 45.1 Å². The van der Waals surface area contributed by atoms with E-state index in [1.807, 2.05) is 6.07 Å². The Hall–Kier alpha value is -0.930. The zero-order valence-electron chi connectivity index (χ0n) is 12.6. The lowest BCUT2D eigenvalue weighted by Gasteiger charge is -2.50. The van der Waals surface area contributed by atoms with Crippen molar-refractivity contribution >= 4 is 0 Å². The molecular weight excluding hydrogens is 214 g/mol. The van der Waals surface area contributed by atoms with Crippen LogP contribution in [0.3, 0.4) is 0 Å². The molecule has 0 radical (unpaired) electrons. The maximum Gasteiger partial charge on any atom is 0.108 e. The van der Waals surface area contributed by atoms with E-state index in [0.717, 1.165) is 5.56 Å². The predicted molar refractivity (Wildman–Crippen MR) is 66.6 cm³/mol. The van der Waals surface area contributed by atoms with Crippen LogP contribution in [0.15, 0.2) is 18.3 Å². The van der Waals surface area contributed by atoms with Gasteiger partial charge in [-0.25, -0.2) is 0 Å². The summed E-state index contributed by atoms with van der Waals surface area (Å²) in [7, 11) is 0. The van der Waals surface area contributed by atoms with Gasteiger partial charge in [-0.2, -0.15) is 0 Å². The molecule has 0 bridgehead atoms. The first-order chi connectivity index (χ1) is 8.57. The summed E-state index contributed by atoms with van der Waals surface area (Å²) in [6.45, 7) is 3.51. The normalized spacial score (nSPS) is 35.2. The van der Waals surface area contributed by atoms with Gasteiger partial charge in [0.15, 0.2) is 0 Å². The average molecular weight is 237 g/mol. The minimum atomic E-state index is -2.28. The van der Waals surface area contributed by atoms with Crippen LogP contribution in [0.1, 0.15) is 53.5 Å². The first-order valence-corrected chi connectivity index (χ1v) is 5.99. The molecule has 94 valence electrons. The van der Waals surface area contributed by atoms with Gasteiger partial charge in [-0.05, 0) is 35.8 Å². The largest absolute Gasteiger partial charge is 0.396 e. The highest BCUT2D eigenvalue weighted by Gasteiger charge is 2.52. The standard InChI is InChI=1S/C14H21NO2/c1-10(2)11-4-5-12(15-6-11)14(17)7-13(3,8-14)9-16/h4-6,10,16-17H,7-9H2,1-3H3/i9D2. The van der Waals surface area contributed by atoms with Crippen molar-refractivity contribution in [2.75, 3.05) is 6.56 Å². The van der Waals surface area contributed by atoms with Crippen molar-refractivity contribution < 1.29 is 13.0 Å². The SMILES string of the molecule is [2H]C([2H])(O)C1(C)CC(O)(c2ccc(C(C)C)cn2)C1. The molecule has 0 aliphatic heterocycles. The van der Waals surface area contributed by atoms with Gasteiger partial charge in [-0.1, -0.05) is 26.8 Å². The van der Waals surface area contributed by atoms with Crippen molar-refractivity contribution in [1.82, 2.24) is 4.98 Å². The van der Waals surface area contributed by atoms with E-state index in [0.29, 0.717) is 11.6 Å². The summed E-state index contributed by atoms with van der Waals surface area (Å²) in [5.74, 6) is 0.384. The number of rotatable bonds is 3. The molecule has 3 heteroatoms. The molecule has 0 atom stereocenters. The Morgan fingerprint density at radius 2 is 2.12 bits per heavy atom. The van der Waals surface area contributed by atoms with Crippen molar-refractivity contribution in [3.05, 3.63) is 29.6 Å². The van der Waals surface area contributed by atoms with Gasteiger partial charge in [0.2, 0.25) is 0 Å². The van der Waals surface area contributed by atoms with Gasteiger partial charge in [0.1, 0.15) is 5.60 Å². The van der Waals surface area contributed by atoms with E-state index >= 15 is 0 Å². The Bertz CT molecular complexity index is 459. The predicted octanol–water partition coefficient (Wildman–Crippen LogP) is 2.19. The molecule has 1 aromatic heterocycles. The number of hydrogen-bond donors (Lipinski definition) is 2. The van der Waals surface area contributed by atoms with E-state index < -0.39 is 17.6 Å². The first kappa shape index (κ1) is 10.0. The molecule has 0 saturated heterocycles. The Morgan fingerprint density at radius 3 is 2.53 bits per heavy atom. The lowest BCUT2D eigenvalue weighted by molar-refractivity contribution is -0.146. The van der Waals surface area contributed by atoms with E-state index in [-0.39, 0.29) is 12.8 Å². The molecular formula is C14H21NO2. The van der Waals surface area contributed by atoms with E-state index in [1.165, 1.54) is 0 Å². The Morgan fingerprint density at radius 1 is 1.47 bits per heavy atom. The topological polar surface area (TPSA) is 53.4 Å². The quantitative estimate of drug-likeness (QED) is 0.847. The van der Waals surface area contributed by atoms with Crippen LogP contribution in [0.2, 0.25) is 0 Å². The molecule has 0 amide bonds. The van der Waals surface area contributed by atoms with E-state index in [4.69, 9.17) is 2.74 Å². The molecule has 17 heavy (non-hydrogen) atoms. The van der Waals surface area contributed by atoms with E-state index in [1.54, 1.807) is 19.2 Å². The summed E-state index contributed by atoms with van der Waals surface area (Å²) < 4.78 is 14.8. The van der Waals surface area contributed by atoms with Crippen LogP contribution in [0, 0.1) is 5.41 Å². The summed E-state index contributed by atoms with van der Waals surface area (Å²) in [6, 6.07) is 3.73. The third-order valence-corrected chi connectivity index (χ3v) is 3.56. The van der Waals surface area contributed by atoms with Crippen molar-refractivity contribution in [3.8, 4) is 0 Å². The molecule has 1 fully saturated rings. The molecule has 1 heterocycles. The minimum absolute atomic E-state index is 0.178. The Balaban J connectivity index is 2.16. The molecule has 1 saturated carbocycles. The fourth-order valence-corrected chi connectivity index (χ4v) is 2.52. The van der Waals surface area contributed by atoms with Crippen LogP contribution in [-0.2, 0) is 5.60 Å². The van der Waals surface area contributed by atoms with Gasteiger partial charge in [0.25, 0.3) is 0 Å². The summed E-state index contributed by atoms with van der Waals surface area (Å²) in [6.07, 6.45) is 2.11. The zero-order valence-corrected chi connectivity index (χ0v) is 10.6. The van der Waals surface area contributed by atoms with Crippen LogP contribution in [-0.4, -0.2) is 21.8 Å². The van der Waals surface area contributed by atoms with Crippen LogP contribution >= 0.6 is 0 Å². The zero-order chi connectivity index (χ0) is 14.5. The third kappa shape index (κ3) is 2.22. The highest BCUT2D eigenvalue weighted by Crippen LogP contribution is 2.53. The van der Waals surface area contributed by atoms with Gasteiger partial charge >= 0.3 is 0 Å². The van der Waals surface area contributed by atoms with Crippen molar-refractivity contribution in [3.63, 3.8) is 0 Å². The van der Waals surface area contributed by atoms with E-state index in [2.05, 4.69) is 18.8 Å². The number of hydrogen-bond acceptors (Lipinski definition) is 3. The van der Waals surface area contributed by atoms with Gasteiger partial charge in [0, 0.05) is 12.8 Å². The summed E-state index contributed by atoms with van der Waals surface area (Å²) in [5.41, 5.74) is -0.383. The molecule has 3 nitrogen and oxygen atoms in total. The van der Waals surface area contributed by atoms with Crippen LogP contribution in [0.5, 0.6) is 0 Å². The molecule has 1 aromatic rings. The number of nitrogens with zero attached hydrogens (tertiary/aromatic N) is 1. The Labute approximate surface area is 105 Å². The highest BCUT2D eigenvalue weighted by molar-refractivity contribution is 5.24. The molecule has 0 aromatic carbocycles. The van der Waals surface area contributed by atoms with Gasteiger partial charge in [0.05, 0.1) is 8.44 Å². The maximum absolute atomic E-state index is 10.5. The van der Waals surface area contributed by atoms with Crippen LogP contribution in [0.25, 0.3) is 0 Å². The van der Waals surface area contributed by atoms with Gasteiger partial charge in [-0.3, -0.25) is 4.98 Å². The van der Waals surface area contributed by atoms with E-state index in [9.17, 15) is 10.2 Å². The second-order valence-electron chi connectivity index (χ2n) is 5.69. The molecule has 0 spiro atoms. The molecule has 0 unspecified atom stereocenters. The number of aromatic nitrogens is 1. The molecule has 1 aliphatic carbocycles. The van der Waals surface area contributed by atoms with Crippen LogP contribution < -0.4 is 0 Å². The highest BCUT2D eigenvalue weighted by atomic mass is 16.3. The molecule has 1 aliphatic rings. The van der Waals surface area contributed by atoms with Crippen molar-refractivity contribution in [1.29, 1.82) is 0 Å². The number of pyridine rings is 1. The smallest absolute Gasteiger partial charge is 0.108 e. The second-order valence-corrected chi connectivity index (χ2v) is 5.69. The fraction of sp³-hybridized carbons (Fsp3) is 0.643. The molecule has 2 N–H and O–H groups in total. The van der Waals surface area contributed by atoms with Crippen molar-refractivity contribution in [2.24, 2.45) is 5.41 Å². The summed E-state index contributed by atoms with van der Waals surface area (Å²) >= 11 is 0. The monoisotopic (exact) mass is 237 g/mol. The lowest BCUT2D eigenvalue weighted by atomic mass is 9.59. The first-order valence-electron chi connectivity index (χ1n) is 6.99.